The first-order chi connectivity index (χ1) is 20.5. The number of aromatic amines is 1. The fraction of sp³-hybridized carbons (Fsp3) is 0.353. The number of hydrogen-bond donors (Lipinski definition) is 1. The number of hydrogen-bond acceptors (Lipinski definition) is 5. The number of nitrogens with zero attached hydrogens (tertiary/aromatic N) is 2. The van der Waals surface area contributed by atoms with Gasteiger partial charge in [-0.2, -0.15) is 0 Å². The number of rotatable bonds is 15. The van der Waals surface area contributed by atoms with Gasteiger partial charge in [-0.25, -0.2) is 0 Å². The summed E-state index contributed by atoms with van der Waals surface area (Å²) in [4.78, 5) is 34.5. The molecule has 0 saturated carbocycles. The van der Waals surface area contributed by atoms with Gasteiger partial charge in [-0.1, -0.05) is 43.7 Å². The summed E-state index contributed by atoms with van der Waals surface area (Å²) in [5.74, 6) is 1.45. The summed E-state index contributed by atoms with van der Waals surface area (Å²) >= 11 is 0. The molecule has 1 heterocycles. The number of nitrogens with one attached hydrogen (secondary N) is 1. The minimum Gasteiger partial charge on any atom is -0.497 e. The first-order valence-electron chi connectivity index (χ1n) is 14.5. The largest absolute Gasteiger partial charge is 0.497 e. The Hall–Kier alpha value is -4.46. The third kappa shape index (κ3) is 7.63. The van der Waals surface area contributed by atoms with Crippen LogP contribution in [0.15, 0.2) is 72.9 Å². The number of ether oxygens (including phenoxy) is 3. The lowest BCUT2D eigenvalue weighted by Crippen LogP contribution is -2.43. The summed E-state index contributed by atoms with van der Waals surface area (Å²) in [6.07, 6.45) is 4.37. The van der Waals surface area contributed by atoms with Gasteiger partial charge in [0, 0.05) is 42.8 Å². The number of para-hydroxylation sites is 1. The first-order valence-corrected chi connectivity index (χ1v) is 14.5. The molecule has 0 radical (unpaired) electrons. The normalized spacial score (nSPS) is 10.9. The molecule has 4 aromatic rings. The summed E-state index contributed by atoms with van der Waals surface area (Å²) in [6, 6.07) is 21.1. The van der Waals surface area contributed by atoms with Gasteiger partial charge in [0.25, 0.3) is 5.91 Å². The van der Waals surface area contributed by atoms with Crippen molar-refractivity contribution < 1.29 is 23.8 Å². The van der Waals surface area contributed by atoms with Crippen LogP contribution < -0.4 is 14.2 Å². The van der Waals surface area contributed by atoms with Crippen molar-refractivity contribution in [3.63, 3.8) is 0 Å². The van der Waals surface area contributed by atoms with Crippen LogP contribution in [0.3, 0.4) is 0 Å². The molecule has 42 heavy (non-hydrogen) atoms. The smallest absolute Gasteiger partial charge is 0.258 e. The Labute approximate surface area is 248 Å². The maximum atomic E-state index is 14.0. The van der Waals surface area contributed by atoms with Crippen molar-refractivity contribution in [3.05, 3.63) is 89.6 Å². The monoisotopic (exact) mass is 571 g/mol. The van der Waals surface area contributed by atoms with Crippen molar-refractivity contribution in [2.75, 3.05) is 40.5 Å². The number of carbonyl (C=O) groups excluding carboxylic acids is 2. The molecule has 0 fully saturated rings. The minimum atomic E-state index is -0.242. The van der Waals surface area contributed by atoms with Crippen LogP contribution >= 0.6 is 0 Å². The van der Waals surface area contributed by atoms with Crippen LogP contribution in [-0.4, -0.2) is 67.1 Å². The lowest BCUT2D eigenvalue weighted by Gasteiger charge is -2.28. The average Bonchev–Trinajstić information content (AvgIpc) is 3.44. The van der Waals surface area contributed by atoms with E-state index in [1.165, 1.54) is 7.11 Å². The number of carbonyl (C=O) groups is 2. The Morgan fingerprint density at radius 1 is 0.857 bits per heavy atom. The van der Waals surface area contributed by atoms with E-state index in [-0.39, 0.29) is 18.4 Å². The van der Waals surface area contributed by atoms with E-state index in [9.17, 15) is 9.59 Å². The minimum absolute atomic E-state index is 0.0288. The van der Waals surface area contributed by atoms with E-state index in [0.29, 0.717) is 49.7 Å². The van der Waals surface area contributed by atoms with Gasteiger partial charge in [0.15, 0.2) is 0 Å². The molecule has 1 N–H and O–H groups in total. The second kappa shape index (κ2) is 15.0. The third-order valence-corrected chi connectivity index (χ3v) is 7.32. The summed E-state index contributed by atoms with van der Waals surface area (Å²) < 4.78 is 16.4. The second-order valence-electron chi connectivity index (χ2n) is 10.1. The lowest BCUT2D eigenvalue weighted by atomic mass is 10.1. The van der Waals surface area contributed by atoms with Gasteiger partial charge >= 0.3 is 0 Å². The molecule has 1 aromatic heterocycles. The van der Waals surface area contributed by atoms with E-state index < -0.39 is 0 Å². The highest BCUT2D eigenvalue weighted by Crippen LogP contribution is 2.26. The Balaban J connectivity index is 1.57. The molecule has 4 rings (SSSR count). The molecule has 0 bridgehead atoms. The number of benzene rings is 3. The number of H-pyrrole nitrogens is 1. The summed E-state index contributed by atoms with van der Waals surface area (Å²) in [5, 5.41) is 1.15. The Kier molecular flexibility index (Phi) is 10.9. The zero-order valence-electron chi connectivity index (χ0n) is 25.0. The van der Waals surface area contributed by atoms with Gasteiger partial charge in [0.05, 0.1) is 26.4 Å². The van der Waals surface area contributed by atoms with Crippen LogP contribution in [0, 0.1) is 0 Å². The molecule has 3 aromatic carbocycles. The molecule has 0 aliphatic carbocycles. The second-order valence-corrected chi connectivity index (χ2v) is 10.1. The molecule has 2 amide bonds. The quantitative estimate of drug-likeness (QED) is 0.187. The summed E-state index contributed by atoms with van der Waals surface area (Å²) in [5.41, 5.74) is 3.62. The molecule has 0 aliphatic rings. The summed E-state index contributed by atoms with van der Waals surface area (Å²) in [7, 11) is 3.09. The molecule has 0 aliphatic heterocycles. The van der Waals surface area contributed by atoms with Crippen molar-refractivity contribution in [2.45, 2.75) is 39.7 Å². The number of fused-ring (bicyclic) bond motifs is 1. The highest BCUT2D eigenvalue weighted by molar-refractivity contribution is 5.99. The maximum absolute atomic E-state index is 14.0. The fourth-order valence-corrected chi connectivity index (χ4v) is 4.97. The van der Waals surface area contributed by atoms with Crippen LogP contribution in [0.1, 0.15) is 48.2 Å². The van der Waals surface area contributed by atoms with E-state index in [2.05, 4.69) is 18.0 Å². The molecule has 0 atom stereocenters. The van der Waals surface area contributed by atoms with Gasteiger partial charge in [-0.15, -0.1) is 0 Å². The molecule has 0 saturated heterocycles. The Bertz CT molecular complexity index is 1460. The third-order valence-electron chi connectivity index (χ3n) is 7.32. The Morgan fingerprint density at radius 2 is 1.62 bits per heavy atom. The molecular weight excluding hydrogens is 530 g/mol. The molecule has 0 unspecified atom stereocenters. The van der Waals surface area contributed by atoms with Crippen LogP contribution in [0.5, 0.6) is 17.2 Å². The number of aromatic nitrogens is 1. The van der Waals surface area contributed by atoms with E-state index >= 15 is 0 Å². The lowest BCUT2D eigenvalue weighted by molar-refractivity contribution is -0.132. The van der Waals surface area contributed by atoms with Crippen molar-refractivity contribution in [1.82, 2.24) is 14.8 Å². The van der Waals surface area contributed by atoms with Gasteiger partial charge in [0.2, 0.25) is 5.91 Å². The Morgan fingerprint density at radius 3 is 2.33 bits per heavy atom. The molecule has 8 heteroatoms. The van der Waals surface area contributed by atoms with Crippen molar-refractivity contribution >= 4 is 22.7 Å². The number of amides is 2. The standard InChI is InChI=1S/C34H41N3O5/c1-5-7-19-37(34(39)30-17-16-28(40-3)21-32(30)41-4)24-33(38)36(23-25-12-14-27(15-13-25)42-6-2)20-18-26-22-35-31-11-9-8-10-29(26)31/h8-17,21-22,35H,5-7,18-20,23-24H2,1-4H3. The zero-order chi connectivity index (χ0) is 29.9. The van der Waals surface area contributed by atoms with Crippen molar-refractivity contribution in [1.29, 1.82) is 0 Å². The van der Waals surface area contributed by atoms with Crippen LogP contribution in [0.4, 0.5) is 0 Å². The SMILES string of the molecule is CCCCN(CC(=O)N(CCc1c[nH]c2ccccc12)Cc1ccc(OCC)cc1)C(=O)c1ccc(OC)cc1OC. The zero-order valence-corrected chi connectivity index (χ0v) is 25.0. The average molecular weight is 572 g/mol. The molecular formula is C34H41N3O5. The van der Waals surface area contributed by atoms with E-state index in [1.807, 2.05) is 60.5 Å². The van der Waals surface area contributed by atoms with Crippen LogP contribution in [0.2, 0.25) is 0 Å². The molecule has 0 spiro atoms. The van der Waals surface area contributed by atoms with Gasteiger partial charge in [0.1, 0.15) is 23.8 Å². The predicted octanol–water partition coefficient (Wildman–Crippen LogP) is 6.10. The molecule has 222 valence electrons. The first kappa shape index (κ1) is 30.5. The van der Waals surface area contributed by atoms with E-state index in [0.717, 1.165) is 40.6 Å². The van der Waals surface area contributed by atoms with E-state index in [1.54, 1.807) is 30.2 Å². The summed E-state index contributed by atoms with van der Waals surface area (Å²) in [6.45, 7) is 5.98. The molecule has 8 nitrogen and oxygen atoms in total. The predicted molar refractivity (Wildman–Crippen MR) is 165 cm³/mol. The van der Waals surface area contributed by atoms with Crippen molar-refractivity contribution in [2.24, 2.45) is 0 Å². The topological polar surface area (TPSA) is 84.1 Å². The fourth-order valence-electron chi connectivity index (χ4n) is 4.97. The number of unbranched alkanes of at least 4 members (excludes halogenated alkanes) is 1. The van der Waals surface area contributed by atoms with Crippen LogP contribution in [0.25, 0.3) is 10.9 Å². The van der Waals surface area contributed by atoms with Gasteiger partial charge in [-0.3, -0.25) is 9.59 Å². The van der Waals surface area contributed by atoms with Crippen LogP contribution in [-0.2, 0) is 17.8 Å². The highest BCUT2D eigenvalue weighted by atomic mass is 16.5. The highest BCUT2D eigenvalue weighted by Gasteiger charge is 2.25. The van der Waals surface area contributed by atoms with E-state index in [4.69, 9.17) is 14.2 Å². The maximum Gasteiger partial charge on any atom is 0.258 e. The van der Waals surface area contributed by atoms with Gasteiger partial charge < -0.3 is 29.0 Å². The van der Waals surface area contributed by atoms with Crippen molar-refractivity contribution in [3.8, 4) is 17.2 Å². The van der Waals surface area contributed by atoms with Gasteiger partial charge in [-0.05, 0) is 61.2 Å². The number of methoxy groups -OCH3 is 2.